The Hall–Kier alpha value is -4.37. The number of esters is 1. The van der Waals surface area contributed by atoms with Crippen molar-refractivity contribution in [2.24, 2.45) is 0 Å². The molecule has 0 amide bonds. The molecule has 0 fully saturated rings. The highest BCUT2D eigenvalue weighted by Gasteiger charge is 2.27. The lowest BCUT2D eigenvalue weighted by Crippen LogP contribution is -2.22. The summed E-state index contributed by atoms with van der Waals surface area (Å²) < 4.78 is 8.44. The number of fused-ring (bicyclic) bond motifs is 3. The number of carbonyl (C=O) groups excluding carboxylic acids is 1. The minimum atomic E-state index is -0.541. The first-order chi connectivity index (χ1) is 17.6. The van der Waals surface area contributed by atoms with Crippen molar-refractivity contribution >= 4 is 38.4 Å². The van der Waals surface area contributed by atoms with Crippen LogP contribution in [0.1, 0.15) is 35.8 Å². The predicted molar refractivity (Wildman–Crippen MR) is 147 cm³/mol. The number of nitrogens with zero attached hydrogens (tertiary/aromatic N) is 1. The Morgan fingerprint density at radius 1 is 0.694 bits per heavy atom. The van der Waals surface area contributed by atoms with Gasteiger partial charge in [0.1, 0.15) is 6.04 Å². The molecule has 1 heterocycles. The number of aryl methyl sites for hydroxylation is 1. The molecule has 36 heavy (non-hydrogen) atoms. The molecule has 6 aromatic rings. The number of benzene rings is 5. The van der Waals surface area contributed by atoms with Crippen molar-refractivity contribution in [1.82, 2.24) is 4.57 Å². The maximum atomic E-state index is 13.7. The van der Waals surface area contributed by atoms with Gasteiger partial charge in [0.15, 0.2) is 6.10 Å². The Balaban J connectivity index is 1.46. The average Bonchev–Trinajstić information content (AvgIpc) is 3.33. The summed E-state index contributed by atoms with van der Waals surface area (Å²) in [7, 11) is 0. The molecule has 0 unspecified atom stereocenters. The molecule has 0 spiro atoms. The molecule has 1 atom stereocenters. The molecule has 0 aliphatic heterocycles. The summed E-state index contributed by atoms with van der Waals surface area (Å²) in [6.07, 6.45) is 1.43. The summed E-state index contributed by atoms with van der Waals surface area (Å²) in [4.78, 5) is 13.7. The summed E-state index contributed by atoms with van der Waals surface area (Å²) in [5.74, 6) is -0.265. The van der Waals surface area contributed by atoms with E-state index in [1.165, 1.54) is 5.56 Å². The van der Waals surface area contributed by atoms with Gasteiger partial charge in [-0.15, -0.1) is 0 Å². The SMILES string of the molecule is Cc1ccc2c(ccn2[C@@H](C)C(=O)OC(c2cccc3ccccc23)c2cccc3ccccc23)c1. The van der Waals surface area contributed by atoms with E-state index >= 15 is 0 Å². The first-order valence-electron chi connectivity index (χ1n) is 12.3. The molecule has 0 aliphatic carbocycles. The van der Waals surface area contributed by atoms with Gasteiger partial charge in [-0.1, -0.05) is 96.6 Å². The summed E-state index contributed by atoms with van der Waals surface area (Å²) in [5, 5.41) is 5.53. The van der Waals surface area contributed by atoms with Crippen LogP contribution in [0.5, 0.6) is 0 Å². The second kappa shape index (κ2) is 9.01. The van der Waals surface area contributed by atoms with Gasteiger partial charge in [-0.05, 0) is 59.0 Å². The highest BCUT2D eigenvalue weighted by Crippen LogP contribution is 2.36. The zero-order valence-corrected chi connectivity index (χ0v) is 20.4. The summed E-state index contributed by atoms with van der Waals surface area (Å²) in [6, 6.07) is 36.8. The van der Waals surface area contributed by atoms with Crippen LogP contribution in [0, 0.1) is 6.92 Å². The third kappa shape index (κ3) is 3.83. The third-order valence-corrected chi connectivity index (χ3v) is 7.08. The van der Waals surface area contributed by atoms with Gasteiger partial charge in [-0.3, -0.25) is 0 Å². The van der Waals surface area contributed by atoms with E-state index in [4.69, 9.17) is 4.74 Å². The second-order valence-electron chi connectivity index (χ2n) is 9.41. The van der Waals surface area contributed by atoms with Crippen LogP contribution < -0.4 is 0 Å². The van der Waals surface area contributed by atoms with E-state index in [2.05, 4.69) is 79.7 Å². The largest absolute Gasteiger partial charge is 0.451 e. The van der Waals surface area contributed by atoms with E-state index < -0.39 is 12.1 Å². The van der Waals surface area contributed by atoms with Gasteiger partial charge >= 0.3 is 5.97 Å². The normalized spacial score (nSPS) is 12.4. The molecule has 0 radical (unpaired) electrons. The quantitative estimate of drug-likeness (QED) is 0.239. The van der Waals surface area contributed by atoms with Crippen LogP contribution in [0.3, 0.4) is 0 Å². The third-order valence-electron chi connectivity index (χ3n) is 7.08. The Kier molecular flexibility index (Phi) is 5.54. The fraction of sp³-hybridized carbons (Fsp3) is 0.121. The second-order valence-corrected chi connectivity index (χ2v) is 9.41. The number of hydrogen-bond acceptors (Lipinski definition) is 2. The molecular weight excluding hydrogens is 442 g/mol. The van der Waals surface area contributed by atoms with Gasteiger partial charge in [0.2, 0.25) is 0 Å². The molecule has 3 nitrogen and oxygen atoms in total. The Labute approximate surface area is 210 Å². The lowest BCUT2D eigenvalue weighted by molar-refractivity contribution is -0.150. The summed E-state index contributed by atoms with van der Waals surface area (Å²) >= 11 is 0. The zero-order valence-electron chi connectivity index (χ0n) is 20.4. The standard InChI is InChI=1S/C33H27NO2/c1-22-17-18-31-26(21-22)19-20-34(31)23(2)33(35)36-32(29-15-7-11-24-9-3-5-13-27(24)29)30-16-8-12-25-10-4-6-14-28(25)30/h3-21,23,32H,1-2H3/t23-/m0/s1. The van der Waals surface area contributed by atoms with E-state index in [9.17, 15) is 4.79 Å². The molecule has 6 rings (SSSR count). The fourth-order valence-corrected chi connectivity index (χ4v) is 5.20. The molecule has 1 aromatic heterocycles. The summed E-state index contributed by atoms with van der Waals surface area (Å²) in [5.41, 5.74) is 4.19. The predicted octanol–water partition coefficient (Wildman–Crippen LogP) is 8.15. The lowest BCUT2D eigenvalue weighted by Gasteiger charge is -2.24. The Morgan fingerprint density at radius 3 is 1.92 bits per heavy atom. The highest BCUT2D eigenvalue weighted by molar-refractivity contribution is 5.91. The van der Waals surface area contributed by atoms with E-state index in [-0.39, 0.29) is 5.97 Å². The number of aromatic nitrogens is 1. The van der Waals surface area contributed by atoms with Gasteiger partial charge in [-0.2, -0.15) is 0 Å². The van der Waals surface area contributed by atoms with Crippen molar-refractivity contribution < 1.29 is 9.53 Å². The fourth-order valence-electron chi connectivity index (χ4n) is 5.20. The van der Waals surface area contributed by atoms with Crippen LogP contribution in [-0.2, 0) is 9.53 Å². The topological polar surface area (TPSA) is 31.2 Å². The molecular formula is C33H27NO2. The smallest absolute Gasteiger partial charge is 0.329 e. The molecule has 0 bridgehead atoms. The highest BCUT2D eigenvalue weighted by atomic mass is 16.5. The summed E-state index contributed by atoms with van der Waals surface area (Å²) in [6.45, 7) is 3.98. The van der Waals surface area contributed by atoms with Gasteiger partial charge in [0.05, 0.1) is 0 Å². The van der Waals surface area contributed by atoms with Crippen molar-refractivity contribution in [2.75, 3.05) is 0 Å². The van der Waals surface area contributed by atoms with Gasteiger partial charge in [0, 0.05) is 22.8 Å². The maximum Gasteiger partial charge on any atom is 0.329 e. The van der Waals surface area contributed by atoms with Crippen LogP contribution in [0.2, 0.25) is 0 Å². The van der Waals surface area contributed by atoms with Crippen molar-refractivity contribution in [2.45, 2.75) is 26.0 Å². The van der Waals surface area contributed by atoms with Crippen LogP contribution >= 0.6 is 0 Å². The molecule has 0 N–H and O–H groups in total. The monoisotopic (exact) mass is 469 g/mol. The molecule has 5 aromatic carbocycles. The Morgan fingerprint density at radius 2 is 1.28 bits per heavy atom. The van der Waals surface area contributed by atoms with E-state index in [1.807, 2.05) is 54.1 Å². The molecule has 176 valence electrons. The minimum Gasteiger partial charge on any atom is -0.451 e. The van der Waals surface area contributed by atoms with E-state index in [0.717, 1.165) is 43.6 Å². The number of carbonyl (C=O) groups is 1. The number of rotatable bonds is 5. The van der Waals surface area contributed by atoms with E-state index in [0.29, 0.717) is 0 Å². The molecule has 0 aliphatic rings. The van der Waals surface area contributed by atoms with Gasteiger partial charge in [0.25, 0.3) is 0 Å². The van der Waals surface area contributed by atoms with Crippen LogP contribution in [-0.4, -0.2) is 10.5 Å². The average molecular weight is 470 g/mol. The van der Waals surface area contributed by atoms with Gasteiger partial charge in [-0.25, -0.2) is 4.79 Å². The Bertz CT molecular complexity index is 1640. The first-order valence-corrected chi connectivity index (χ1v) is 12.3. The molecule has 0 saturated heterocycles. The minimum absolute atomic E-state index is 0.265. The maximum absolute atomic E-state index is 13.7. The van der Waals surface area contributed by atoms with Crippen LogP contribution in [0.15, 0.2) is 115 Å². The van der Waals surface area contributed by atoms with Crippen molar-refractivity contribution in [3.8, 4) is 0 Å². The van der Waals surface area contributed by atoms with Gasteiger partial charge < -0.3 is 9.30 Å². The van der Waals surface area contributed by atoms with E-state index in [1.54, 1.807) is 0 Å². The van der Waals surface area contributed by atoms with Crippen LogP contribution in [0.4, 0.5) is 0 Å². The van der Waals surface area contributed by atoms with Crippen LogP contribution in [0.25, 0.3) is 32.4 Å². The molecule has 3 heteroatoms. The number of hydrogen-bond donors (Lipinski definition) is 0. The first kappa shape index (κ1) is 22.1. The van der Waals surface area contributed by atoms with Crippen molar-refractivity contribution in [1.29, 1.82) is 0 Å². The van der Waals surface area contributed by atoms with Crippen molar-refractivity contribution in [3.63, 3.8) is 0 Å². The lowest BCUT2D eigenvalue weighted by atomic mass is 9.92. The van der Waals surface area contributed by atoms with Crippen molar-refractivity contribution in [3.05, 3.63) is 132 Å². The molecule has 0 saturated carbocycles. The number of ether oxygens (including phenoxy) is 1. The zero-order chi connectivity index (χ0) is 24.6.